The molecule has 2 aromatic rings. The van der Waals surface area contributed by atoms with Gasteiger partial charge in [0.1, 0.15) is 23.1 Å². The minimum atomic E-state index is -1.17. The summed E-state index contributed by atoms with van der Waals surface area (Å²) in [5, 5.41) is 6.22. The molecule has 2 bridgehead atoms. The lowest BCUT2D eigenvalue weighted by molar-refractivity contribution is -0.143. The van der Waals surface area contributed by atoms with Crippen LogP contribution in [0.25, 0.3) is 0 Å². The molecule has 1 spiro atoms. The molecule has 1 saturated carbocycles. The second-order valence-corrected chi connectivity index (χ2v) is 12.1. The zero-order valence-corrected chi connectivity index (χ0v) is 23.6. The Morgan fingerprint density at radius 3 is 2.43 bits per heavy atom. The highest BCUT2D eigenvalue weighted by molar-refractivity contribution is 6.02. The van der Waals surface area contributed by atoms with Crippen molar-refractivity contribution >= 4 is 23.4 Å². The number of amides is 3. The number of nitrogens with one attached hydrogen (secondary N) is 2. The molecule has 42 heavy (non-hydrogen) atoms. The molecule has 5 aliphatic rings. The summed E-state index contributed by atoms with van der Waals surface area (Å²) < 4.78 is 18.2. The SMILES string of the molecule is O=C(Nc1ccc(Oc2ccccc2)cc1)C1C2C=CC3(O2)C1C(=O)N(CC1CCCO1)C3C(=O)NC1CCCCC1. The van der Waals surface area contributed by atoms with Gasteiger partial charge in [-0.2, -0.15) is 0 Å². The van der Waals surface area contributed by atoms with Crippen molar-refractivity contribution < 1.29 is 28.6 Å². The number of rotatable bonds is 8. The van der Waals surface area contributed by atoms with E-state index in [0.29, 0.717) is 24.6 Å². The molecular weight excluding hydrogens is 534 g/mol. The summed E-state index contributed by atoms with van der Waals surface area (Å²) in [6.45, 7) is 0.970. The van der Waals surface area contributed by atoms with E-state index in [9.17, 15) is 14.4 Å². The molecule has 2 N–H and O–H groups in total. The average Bonchev–Trinajstić information content (AvgIpc) is 3.78. The molecule has 220 valence electrons. The van der Waals surface area contributed by atoms with E-state index in [1.165, 1.54) is 6.42 Å². The zero-order chi connectivity index (χ0) is 28.7. The zero-order valence-electron chi connectivity index (χ0n) is 23.6. The number of likely N-dealkylation sites (tertiary alicyclic amines) is 1. The van der Waals surface area contributed by atoms with Crippen molar-refractivity contribution in [3.8, 4) is 11.5 Å². The van der Waals surface area contributed by atoms with E-state index in [0.717, 1.165) is 44.3 Å². The van der Waals surface area contributed by atoms with Crippen LogP contribution in [0.15, 0.2) is 66.7 Å². The predicted molar refractivity (Wildman–Crippen MR) is 155 cm³/mol. The van der Waals surface area contributed by atoms with Crippen LogP contribution in [0.4, 0.5) is 5.69 Å². The number of carbonyl (C=O) groups is 3. The topological polar surface area (TPSA) is 106 Å². The van der Waals surface area contributed by atoms with Crippen LogP contribution in [-0.4, -0.2) is 65.7 Å². The Labute approximate surface area is 245 Å². The Balaban J connectivity index is 1.11. The largest absolute Gasteiger partial charge is 0.457 e. The van der Waals surface area contributed by atoms with Gasteiger partial charge in [-0.25, -0.2) is 0 Å². The molecule has 9 nitrogen and oxygen atoms in total. The Bertz CT molecular complexity index is 1350. The fourth-order valence-corrected chi connectivity index (χ4v) is 7.46. The van der Waals surface area contributed by atoms with Crippen molar-refractivity contribution in [1.82, 2.24) is 10.2 Å². The van der Waals surface area contributed by atoms with Gasteiger partial charge in [0.2, 0.25) is 17.7 Å². The van der Waals surface area contributed by atoms with Crippen LogP contribution in [0.3, 0.4) is 0 Å². The Hall–Kier alpha value is -3.69. The fraction of sp³-hybridized carbons (Fsp3) is 0.485. The minimum absolute atomic E-state index is 0.0944. The summed E-state index contributed by atoms with van der Waals surface area (Å²) in [6.07, 6.45) is 10.0. The summed E-state index contributed by atoms with van der Waals surface area (Å²) in [5.74, 6) is -0.874. The van der Waals surface area contributed by atoms with Crippen molar-refractivity contribution in [3.63, 3.8) is 0 Å². The van der Waals surface area contributed by atoms with Gasteiger partial charge in [-0.15, -0.1) is 0 Å². The van der Waals surface area contributed by atoms with Crippen LogP contribution in [0.2, 0.25) is 0 Å². The smallest absolute Gasteiger partial charge is 0.246 e. The lowest BCUT2D eigenvalue weighted by atomic mass is 9.74. The first-order valence-corrected chi connectivity index (χ1v) is 15.3. The molecular formula is C33H37N3O6. The van der Waals surface area contributed by atoms with E-state index in [1.54, 1.807) is 29.2 Å². The third kappa shape index (κ3) is 4.88. The number of para-hydroxylation sites is 1. The monoisotopic (exact) mass is 571 g/mol. The number of hydrogen-bond acceptors (Lipinski definition) is 6. The first-order valence-electron chi connectivity index (χ1n) is 15.3. The normalized spacial score (nSPS) is 31.8. The molecule has 4 fully saturated rings. The van der Waals surface area contributed by atoms with E-state index in [4.69, 9.17) is 14.2 Å². The van der Waals surface area contributed by atoms with Gasteiger partial charge in [0.05, 0.1) is 24.0 Å². The Morgan fingerprint density at radius 1 is 0.929 bits per heavy atom. The number of carbonyl (C=O) groups excluding carboxylic acids is 3. The third-order valence-electron chi connectivity index (χ3n) is 9.40. The maximum Gasteiger partial charge on any atom is 0.246 e. The molecule has 2 aromatic carbocycles. The summed E-state index contributed by atoms with van der Waals surface area (Å²) in [4.78, 5) is 43.5. The fourth-order valence-electron chi connectivity index (χ4n) is 7.46. The maximum absolute atomic E-state index is 14.1. The van der Waals surface area contributed by atoms with Gasteiger partial charge in [-0.1, -0.05) is 49.6 Å². The lowest BCUT2D eigenvalue weighted by Crippen LogP contribution is -2.57. The van der Waals surface area contributed by atoms with Crippen molar-refractivity contribution in [3.05, 3.63) is 66.7 Å². The van der Waals surface area contributed by atoms with Crippen LogP contribution < -0.4 is 15.4 Å². The van der Waals surface area contributed by atoms with Gasteiger partial charge in [0.15, 0.2) is 0 Å². The molecule has 6 atom stereocenters. The number of anilines is 1. The molecule has 0 radical (unpaired) electrons. The average molecular weight is 572 g/mol. The highest BCUT2D eigenvalue weighted by Crippen LogP contribution is 2.55. The number of benzene rings is 2. The second kappa shape index (κ2) is 11.2. The van der Waals surface area contributed by atoms with Crippen molar-refractivity contribution in [1.29, 1.82) is 0 Å². The molecule has 4 heterocycles. The highest BCUT2D eigenvalue weighted by atomic mass is 16.5. The van der Waals surface area contributed by atoms with Crippen molar-refractivity contribution in [2.24, 2.45) is 11.8 Å². The first kappa shape index (κ1) is 27.2. The van der Waals surface area contributed by atoms with Crippen LogP contribution in [0.5, 0.6) is 11.5 Å². The number of ether oxygens (including phenoxy) is 3. The van der Waals surface area contributed by atoms with E-state index >= 15 is 0 Å². The van der Waals surface area contributed by atoms with Crippen LogP contribution in [0, 0.1) is 11.8 Å². The van der Waals surface area contributed by atoms with E-state index in [1.807, 2.05) is 42.5 Å². The Kier molecular flexibility index (Phi) is 7.23. The molecule has 9 heteroatoms. The van der Waals surface area contributed by atoms with Gasteiger partial charge >= 0.3 is 0 Å². The van der Waals surface area contributed by atoms with E-state index in [-0.39, 0.29) is 29.9 Å². The van der Waals surface area contributed by atoms with Gasteiger partial charge in [0, 0.05) is 24.9 Å². The van der Waals surface area contributed by atoms with Crippen molar-refractivity contribution in [2.45, 2.75) is 74.8 Å². The summed E-state index contributed by atoms with van der Waals surface area (Å²) >= 11 is 0. The van der Waals surface area contributed by atoms with Crippen LogP contribution in [0.1, 0.15) is 44.9 Å². The van der Waals surface area contributed by atoms with Gasteiger partial charge in [-0.05, 0) is 62.1 Å². The van der Waals surface area contributed by atoms with Gasteiger partial charge < -0.3 is 29.7 Å². The van der Waals surface area contributed by atoms with Crippen LogP contribution >= 0.6 is 0 Å². The van der Waals surface area contributed by atoms with Crippen molar-refractivity contribution in [2.75, 3.05) is 18.5 Å². The van der Waals surface area contributed by atoms with Gasteiger partial charge in [0.25, 0.3) is 0 Å². The van der Waals surface area contributed by atoms with E-state index < -0.39 is 29.6 Å². The molecule has 7 rings (SSSR count). The minimum Gasteiger partial charge on any atom is -0.457 e. The maximum atomic E-state index is 14.1. The van der Waals surface area contributed by atoms with E-state index in [2.05, 4.69) is 10.6 Å². The number of nitrogens with zero attached hydrogens (tertiary/aromatic N) is 1. The molecule has 3 amide bonds. The van der Waals surface area contributed by atoms with Crippen LogP contribution in [-0.2, 0) is 23.9 Å². The Morgan fingerprint density at radius 2 is 1.69 bits per heavy atom. The first-order chi connectivity index (χ1) is 20.5. The predicted octanol–water partition coefficient (Wildman–Crippen LogP) is 4.20. The molecule has 3 saturated heterocycles. The standard InChI is InChI=1S/C33H37N3O6/c37-30(34-22-13-15-24(16-14-22)41-23-10-5-2-6-11-23)27-26-17-18-33(42-26)28(27)32(39)36(20-25-12-7-19-40-25)29(33)31(38)35-21-8-3-1-4-9-21/h2,5-6,10-11,13-18,21,25-29H,1,3-4,7-9,12,19-20H2,(H,34,37)(H,35,38). The highest BCUT2D eigenvalue weighted by Gasteiger charge is 2.73. The third-order valence-corrected chi connectivity index (χ3v) is 9.40. The number of fused-ring (bicyclic) bond motifs is 1. The molecule has 0 aromatic heterocycles. The second-order valence-electron chi connectivity index (χ2n) is 12.1. The lowest BCUT2D eigenvalue weighted by Gasteiger charge is -2.34. The summed E-state index contributed by atoms with van der Waals surface area (Å²) in [5.41, 5.74) is -0.580. The molecule has 1 aliphatic carbocycles. The molecule has 4 aliphatic heterocycles. The van der Waals surface area contributed by atoms with Gasteiger partial charge in [-0.3, -0.25) is 14.4 Å². The summed E-state index contributed by atoms with van der Waals surface area (Å²) in [7, 11) is 0. The quantitative estimate of drug-likeness (QED) is 0.461. The summed E-state index contributed by atoms with van der Waals surface area (Å²) in [6, 6.07) is 15.9. The number of hydrogen-bond donors (Lipinski definition) is 2. The molecule has 6 unspecified atom stereocenters.